The Hall–Kier alpha value is -3.86. The van der Waals surface area contributed by atoms with Gasteiger partial charge in [0.1, 0.15) is 53.4 Å². The lowest BCUT2D eigenvalue weighted by atomic mass is 9.95. The van der Waals surface area contributed by atoms with Crippen LogP contribution in [0.4, 0.5) is 24.0 Å². The van der Waals surface area contributed by atoms with Gasteiger partial charge in [-0.1, -0.05) is 6.07 Å². The summed E-state index contributed by atoms with van der Waals surface area (Å²) in [5, 5.41) is 20.3. The zero-order chi connectivity index (χ0) is 30.0. The number of rotatable bonds is 6. The van der Waals surface area contributed by atoms with Crippen LogP contribution in [0, 0.1) is 23.0 Å². The first-order valence-corrected chi connectivity index (χ1v) is 15.0. The maximum Gasteiger partial charge on any atom is 0.319 e. The lowest BCUT2D eigenvalue weighted by Crippen LogP contribution is -2.43. The van der Waals surface area contributed by atoms with E-state index >= 15 is 4.39 Å². The first-order chi connectivity index (χ1) is 20.7. The van der Waals surface area contributed by atoms with E-state index in [0.29, 0.717) is 29.9 Å². The molecule has 0 spiro atoms. The van der Waals surface area contributed by atoms with E-state index in [4.69, 9.17) is 15.2 Å². The molecule has 3 aliphatic rings. The number of fused-ring (bicyclic) bond motifs is 2. The molecule has 9 nitrogen and oxygen atoms in total. The number of thiophene rings is 1. The van der Waals surface area contributed by atoms with Gasteiger partial charge in [-0.2, -0.15) is 15.2 Å². The summed E-state index contributed by atoms with van der Waals surface area (Å²) < 4.78 is 58.4. The predicted molar refractivity (Wildman–Crippen MR) is 157 cm³/mol. The zero-order valence-electron chi connectivity index (χ0n) is 23.4. The van der Waals surface area contributed by atoms with Crippen LogP contribution in [-0.2, 0) is 0 Å². The van der Waals surface area contributed by atoms with Gasteiger partial charge in [-0.15, -0.1) is 11.3 Å². The molecule has 13 heteroatoms. The Morgan fingerprint density at radius 1 is 1.28 bits per heavy atom. The Kier molecular flexibility index (Phi) is 6.76. The largest absolute Gasteiger partial charge is 0.491 e. The number of nitrogens with two attached hydrogens (primary N) is 1. The minimum absolute atomic E-state index is 0.0530. The van der Waals surface area contributed by atoms with Crippen LogP contribution in [0.2, 0.25) is 0 Å². The fraction of sp³-hybridized carbons (Fsp3) is 0.433. The van der Waals surface area contributed by atoms with Crippen LogP contribution in [0.1, 0.15) is 31.7 Å². The van der Waals surface area contributed by atoms with Crippen LogP contribution in [0.3, 0.4) is 0 Å². The molecule has 2 aromatic heterocycles. The quantitative estimate of drug-likeness (QED) is 0.318. The van der Waals surface area contributed by atoms with Crippen LogP contribution < -0.4 is 20.1 Å². The number of nitrogen functional groups attached to an aromatic ring is 1. The van der Waals surface area contributed by atoms with Gasteiger partial charge in [-0.3, -0.25) is 4.90 Å². The average Bonchev–Trinajstić information content (AvgIpc) is 3.61. The maximum atomic E-state index is 16.7. The molecular formula is C30H29F3N6O3S. The van der Waals surface area contributed by atoms with Crippen molar-refractivity contribution in [2.75, 3.05) is 50.1 Å². The summed E-state index contributed by atoms with van der Waals surface area (Å²) >= 11 is 0.929. The minimum atomic E-state index is -0.941. The summed E-state index contributed by atoms with van der Waals surface area (Å²) in [5.41, 5.74) is 5.89. The molecule has 2 fully saturated rings. The van der Waals surface area contributed by atoms with Crippen LogP contribution in [0.5, 0.6) is 11.8 Å². The third-order valence-electron chi connectivity index (χ3n) is 8.91. The minimum Gasteiger partial charge on any atom is -0.491 e. The van der Waals surface area contributed by atoms with Gasteiger partial charge in [-0.25, -0.2) is 13.2 Å². The molecule has 3 N–H and O–H groups in total. The number of benzene rings is 2. The Balaban J connectivity index is 1.43. The second kappa shape index (κ2) is 10.4. The molecule has 224 valence electrons. The summed E-state index contributed by atoms with van der Waals surface area (Å²) in [7, 11) is 0. The highest BCUT2D eigenvalue weighted by Crippen LogP contribution is 2.47. The Labute approximate surface area is 249 Å². The molecule has 4 aromatic rings. The topological polar surface area (TPSA) is 121 Å². The molecule has 0 aliphatic carbocycles. The molecule has 2 saturated heterocycles. The SMILES string of the molecule is C[C@H]1COc2cc(-c3ccc(F)c4sc(N)c(C#N)c34)c(F)c3nc(OC[C@@]45CCCN4C[C@H](F)C5)nc(c23)N1CCO. The first-order valence-electron chi connectivity index (χ1n) is 14.2. The molecule has 5 heterocycles. The third kappa shape index (κ3) is 4.34. The molecule has 0 amide bonds. The Morgan fingerprint density at radius 2 is 2.12 bits per heavy atom. The fourth-order valence-corrected chi connectivity index (χ4v) is 7.86. The number of aliphatic hydroxyl groups excluding tert-OH is 1. The van der Waals surface area contributed by atoms with Crippen LogP contribution in [0.15, 0.2) is 18.2 Å². The number of aromatic nitrogens is 2. The van der Waals surface area contributed by atoms with Gasteiger partial charge in [0.05, 0.1) is 33.8 Å². The molecule has 0 radical (unpaired) electrons. The highest BCUT2D eigenvalue weighted by Gasteiger charge is 2.49. The lowest BCUT2D eigenvalue weighted by molar-refractivity contribution is 0.107. The lowest BCUT2D eigenvalue weighted by Gasteiger charge is -2.31. The van der Waals surface area contributed by atoms with E-state index in [1.807, 2.05) is 17.9 Å². The van der Waals surface area contributed by atoms with Crippen molar-refractivity contribution in [2.45, 2.75) is 43.9 Å². The highest BCUT2D eigenvalue weighted by molar-refractivity contribution is 7.23. The van der Waals surface area contributed by atoms with E-state index in [0.717, 1.165) is 30.7 Å². The normalized spacial score (nSPS) is 23.4. The summed E-state index contributed by atoms with van der Waals surface area (Å²) in [6.07, 6.45) is 1.13. The van der Waals surface area contributed by atoms with E-state index in [1.54, 1.807) is 0 Å². The monoisotopic (exact) mass is 610 g/mol. The van der Waals surface area contributed by atoms with Crippen molar-refractivity contribution in [3.05, 3.63) is 35.4 Å². The van der Waals surface area contributed by atoms with E-state index in [1.165, 1.54) is 18.2 Å². The van der Waals surface area contributed by atoms with Crippen molar-refractivity contribution in [1.82, 2.24) is 14.9 Å². The number of ether oxygens (including phenoxy) is 2. The van der Waals surface area contributed by atoms with E-state index in [9.17, 15) is 19.1 Å². The number of aliphatic hydroxyl groups is 1. The number of alkyl halides is 1. The van der Waals surface area contributed by atoms with Gasteiger partial charge in [0.25, 0.3) is 0 Å². The highest BCUT2D eigenvalue weighted by atomic mass is 32.1. The Morgan fingerprint density at radius 3 is 2.91 bits per heavy atom. The van der Waals surface area contributed by atoms with Gasteiger partial charge in [0, 0.05) is 30.5 Å². The molecular weight excluding hydrogens is 581 g/mol. The number of anilines is 2. The summed E-state index contributed by atoms with van der Waals surface area (Å²) in [6.45, 7) is 3.43. The zero-order valence-corrected chi connectivity index (χ0v) is 24.2. The van der Waals surface area contributed by atoms with Gasteiger partial charge < -0.3 is 25.2 Å². The summed E-state index contributed by atoms with van der Waals surface area (Å²) in [4.78, 5) is 13.1. The molecule has 2 aromatic carbocycles. The standard InChI is InChI=1S/C30H29F3N6O3S/c1-15-13-41-21-9-18(17-3-4-20(32)26-22(17)19(11-34)27(35)43-26)24(33)25-23(21)28(39(15)7-8-40)37-29(36-25)42-14-30-5-2-6-38(30)12-16(31)10-30/h3-4,9,15-16,40H,2,5-8,10,12-14,35H2,1H3/t15-,16+,30-/m0/s1. The van der Waals surface area contributed by atoms with Crippen molar-refractivity contribution >= 4 is 43.1 Å². The maximum absolute atomic E-state index is 16.7. The van der Waals surface area contributed by atoms with E-state index < -0.39 is 23.3 Å². The van der Waals surface area contributed by atoms with E-state index in [2.05, 4.69) is 14.9 Å². The Bertz CT molecular complexity index is 1810. The first kappa shape index (κ1) is 27.9. The number of nitriles is 1. The van der Waals surface area contributed by atoms with Gasteiger partial charge in [0.2, 0.25) is 0 Å². The summed E-state index contributed by atoms with van der Waals surface area (Å²) in [6, 6.07) is 5.85. The van der Waals surface area contributed by atoms with Crippen molar-refractivity contribution < 1.29 is 27.8 Å². The van der Waals surface area contributed by atoms with Crippen LogP contribution in [-0.4, -0.2) is 77.2 Å². The number of nitrogens with zero attached hydrogens (tertiary/aromatic N) is 5. The second-order valence-corrected chi connectivity index (χ2v) is 12.5. The molecule has 0 saturated carbocycles. The van der Waals surface area contributed by atoms with Gasteiger partial charge >= 0.3 is 6.01 Å². The molecule has 3 atom stereocenters. The van der Waals surface area contributed by atoms with Gasteiger partial charge in [-0.05, 0) is 44.0 Å². The molecule has 43 heavy (non-hydrogen) atoms. The third-order valence-corrected chi connectivity index (χ3v) is 9.94. The number of hydrogen-bond donors (Lipinski definition) is 2. The van der Waals surface area contributed by atoms with Crippen molar-refractivity contribution in [3.8, 4) is 29.0 Å². The number of halogens is 3. The van der Waals surface area contributed by atoms with E-state index in [-0.39, 0.29) is 75.7 Å². The second-order valence-electron chi connectivity index (χ2n) is 11.5. The average molecular weight is 611 g/mol. The number of β-amino-alcohol motifs (C(OH)–C–C–N with tert-alkyl or cyclic N) is 1. The molecule has 0 bridgehead atoms. The van der Waals surface area contributed by atoms with Gasteiger partial charge in [0.15, 0.2) is 5.82 Å². The van der Waals surface area contributed by atoms with Crippen LogP contribution >= 0.6 is 11.3 Å². The smallest absolute Gasteiger partial charge is 0.319 e. The molecule has 0 unspecified atom stereocenters. The fourth-order valence-electron chi connectivity index (χ4n) is 6.91. The number of hydrogen-bond acceptors (Lipinski definition) is 10. The van der Waals surface area contributed by atoms with Crippen molar-refractivity contribution in [3.63, 3.8) is 0 Å². The summed E-state index contributed by atoms with van der Waals surface area (Å²) in [5.74, 6) is -0.654. The van der Waals surface area contributed by atoms with Crippen LogP contribution in [0.25, 0.3) is 32.1 Å². The molecule has 7 rings (SSSR count). The molecule has 3 aliphatic heterocycles. The van der Waals surface area contributed by atoms with Crippen molar-refractivity contribution in [1.29, 1.82) is 5.26 Å². The predicted octanol–water partition coefficient (Wildman–Crippen LogP) is 4.78. The van der Waals surface area contributed by atoms with Crippen molar-refractivity contribution in [2.24, 2.45) is 0 Å².